The lowest BCUT2D eigenvalue weighted by molar-refractivity contribution is 0.362. The Kier molecular flexibility index (Phi) is 5.43. The largest absolute Gasteiger partial charge is 0.466 e. The van der Waals surface area contributed by atoms with Crippen molar-refractivity contribution in [1.82, 2.24) is 15.5 Å². The van der Waals surface area contributed by atoms with E-state index in [1.165, 1.54) is 31.4 Å². The zero-order chi connectivity index (χ0) is 16.2. The third-order valence-electron chi connectivity index (χ3n) is 4.34. The van der Waals surface area contributed by atoms with E-state index in [4.69, 9.17) is 8.83 Å². The van der Waals surface area contributed by atoms with Gasteiger partial charge in [-0.2, -0.15) is 11.8 Å². The summed E-state index contributed by atoms with van der Waals surface area (Å²) in [4.78, 5) is 0. The second-order valence-corrected chi connectivity index (χ2v) is 7.61. The van der Waals surface area contributed by atoms with Crippen LogP contribution in [-0.4, -0.2) is 27.2 Å². The third kappa shape index (κ3) is 3.98. The highest BCUT2D eigenvalue weighted by Crippen LogP contribution is 2.29. The van der Waals surface area contributed by atoms with E-state index in [1.807, 2.05) is 19.9 Å². The topological polar surface area (TPSA) is 64.1 Å². The van der Waals surface area contributed by atoms with E-state index in [9.17, 15) is 0 Å². The molecule has 0 aliphatic heterocycles. The Morgan fingerprint density at radius 2 is 2.04 bits per heavy atom. The van der Waals surface area contributed by atoms with E-state index >= 15 is 0 Å². The number of nitrogens with zero attached hydrogens (tertiary/aromatic N) is 2. The molecule has 126 valence electrons. The molecule has 2 aromatic heterocycles. The van der Waals surface area contributed by atoms with Gasteiger partial charge in [0, 0.05) is 11.3 Å². The molecule has 2 atom stereocenters. The van der Waals surface area contributed by atoms with Crippen molar-refractivity contribution in [3.05, 3.63) is 23.5 Å². The molecule has 1 N–H and O–H groups in total. The van der Waals surface area contributed by atoms with Gasteiger partial charge in [-0.1, -0.05) is 19.8 Å². The molecule has 0 aromatic carbocycles. The third-order valence-corrected chi connectivity index (χ3v) is 5.66. The van der Waals surface area contributed by atoms with Gasteiger partial charge in [0.05, 0.1) is 12.1 Å². The Hall–Kier alpha value is -1.27. The number of nitrogens with one attached hydrogen (secondary N) is 1. The molecule has 0 radical (unpaired) electrons. The summed E-state index contributed by atoms with van der Waals surface area (Å²) in [7, 11) is 0. The van der Waals surface area contributed by atoms with Crippen molar-refractivity contribution in [3.8, 4) is 11.5 Å². The maximum Gasteiger partial charge on any atom is 0.251 e. The van der Waals surface area contributed by atoms with E-state index in [1.54, 1.807) is 0 Å². The Labute approximate surface area is 141 Å². The van der Waals surface area contributed by atoms with Crippen LogP contribution in [0.15, 0.2) is 14.9 Å². The van der Waals surface area contributed by atoms with Crippen LogP contribution >= 0.6 is 11.8 Å². The lowest BCUT2D eigenvalue weighted by Gasteiger charge is -2.31. The van der Waals surface area contributed by atoms with Gasteiger partial charge in [0.25, 0.3) is 5.89 Å². The van der Waals surface area contributed by atoms with Gasteiger partial charge in [0.2, 0.25) is 5.89 Å². The van der Waals surface area contributed by atoms with Crippen LogP contribution in [0.5, 0.6) is 0 Å². The van der Waals surface area contributed by atoms with Gasteiger partial charge >= 0.3 is 0 Å². The molecular weight excluding hydrogens is 310 g/mol. The SMILES string of the molecule is CCS[C@@H]1CCCC[C@@H]1NCc1nnc(-c2cc(C)oc2C)o1. The number of hydrogen-bond donors (Lipinski definition) is 1. The quantitative estimate of drug-likeness (QED) is 0.857. The van der Waals surface area contributed by atoms with Crippen LogP contribution in [0.1, 0.15) is 50.0 Å². The Morgan fingerprint density at radius 3 is 2.78 bits per heavy atom. The monoisotopic (exact) mass is 335 g/mol. The van der Waals surface area contributed by atoms with E-state index in [0.717, 1.165) is 17.1 Å². The summed E-state index contributed by atoms with van der Waals surface area (Å²) in [5, 5.41) is 12.6. The van der Waals surface area contributed by atoms with Gasteiger partial charge in [0.15, 0.2) is 0 Å². The summed E-state index contributed by atoms with van der Waals surface area (Å²) in [6, 6.07) is 2.48. The molecule has 2 aromatic rings. The van der Waals surface area contributed by atoms with Crippen molar-refractivity contribution in [2.75, 3.05) is 5.75 Å². The molecule has 1 fully saturated rings. The van der Waals surface area contributed by atoms with Crippen LogP contribution in [-0.2, 0) is 6.54 Å². The van der Waals surface area contributed by atoms with Crippen LogP contribution < -0.4 is 5.32 Å². The smallest absolute Gasteiger partial charge is 0.251 e. The highest BCUT2D eigenvalue weighted by Gasteiger charge is 2.25. The second-order valence-electron chi connectivity index (χ2n) is 6.09. The van der Waals surface area contributed by atoms with Gasteiger partial charge in [-0.05, 0) is 38.5 Å². The van der Waals surface area contributed by atoms with Crippen molar-refractivity contribution in [3.63, 3.8) is 0 Å². The van der Waals surface area contributed by atoms with E-state index in [0.29, 0.717) is 29.6 Å². The van der Waals surface area contributed by atoms with E-state index in [-0.39, 0.29) is 0 Å². The van der Waals surface area contributed by atoms with Crippen molar-refractivity contribution < 1.29 is 8.83 Å². The first-order chi connectivity index (χ1) is 11.2. The minimum Gasteiger partial charge on any atom is -0.466 e. The number of furan rings is 1. The summed E-state index contributed by atoms with van der Waals surface area (Å²) in [5.74, 6) is 4.03. The van der Waals surface area contributed by atoms with Gasteiger partial charge in [-0.15, -0.1) is 10.2 Å². The first-order valence-electron chi connectivity index (χ1n) is 8.42. The van der Waals surface area contributed by atoms with Crippen LogP contribution in [0.3, 0.4) is 0 Å². The molecule has 6 heteroatoms. The summed E-state index contributed by atoms with van der Waals surface area (Å²) < 4.78 is 11.3. The Balaban J connectivity index is 1.61. The summed E-state index contributed by atoms with van der Waals surface area (Å²) in [6.45, 7) is 6.70. The van der Waals surface area contributed by atoms with E-state index < -0.39 is 0 Å². The molecule has 2 heterocycles. The summed E-state index contributed by atoms with van der Waals surface area (Å²) >= 11 is 2.06. The fourth-order valence-electron chi connectivity index (χ4n) is 3.24. The molecule has 1 saturated carbocycles. The molecule has 1 aliphatic rings. The molecule has 3 rings (SSSR count). The van der Waals surface area contributed by atoms with Gasteiger partial charge < -0.3 is 14.2 Å². The summed E-state index contributed by atoms with van der Waals surface area (Å²) in [6.07, 6.45) is 5.19. The average Bonchev–Trinajstić information content (AvgIpc) is 3.13. The fraction of sp³-hybridized carbons (Fsp3) is 0.647. The van der Waals surface area contributed by atoms with Crippen molar-refractivity contribution >= 4 is 11.8 Å². The van der Waals surface area contributed by atoms with Crippen molar-refractivity contribution in [2.45, 2.75) is 64.3 Å². The molecule has 0 saturated heterocycles. The minimum absolute atomic E-state index is 0.541. The molecule has 0 amide bonds. The van der Waals surface area contributed by atoms with E-state index in [2.05, 4.69) is 34.2 Å². The highest BCUT2D eigenvalue weighted by molar-refractivity contribution is 7.99. The first kappa shape index (κ1) is 16.6. The number of aromatic nitrogens is 2. The molecule has 0 spiro atoms. The van der Waals surface area contributed by atoms with Crippen LogP contribution in [0.2, 0.25) is 0 Å². The number of hydrogen-bond acceptors (Lipinski definition) is 6. The lowest BCUT2D eigenvalue weighted by atomic mass is 9.95. The molecule has 0 unspecified atom stereocenters. The van der Waals surface area contributed by atoms with Crippen molar-refractivity contribution in [1.29, 1.82) is 0 Å². The standard InChI is InChI=1S/C17H25N3O2S/c1-4-23-15-8-6-5-7-14(15)18-10-16-19-20-17(22-16)13-9-11(2)21-12(13)3/h9,14-15,18H,4-8,10H2,1-3H3/t14-,15+/m0/s1. The predicted molar refractivity (Wildman–Crippen MR) is 92.5 cm³/mol. The highest BCUT2D eigenvalue weighted by atomic mass is 32.2. The molecule has 1 aliphatic carbocycles. The minimum atomic E-state index is 0.541. The first-order valence-corrected chi connectivity index (χ1v) is 9.47. The van der Waals surface area contributed by atoms with Crippen LogP contribution in [0.25, 0.3) is 11.5 Å². The van der Waals surface area contributed by atoms with Gasteiger partial charge in [-0.25, -0.2) is 0 Å². The second kappa shape index (κ2) is 7.53. The molecule has 5 nitrogen and oxygen atoms in total. The van der Waals surface area contributed by atoms with Crippen LogP contribution in [0.4, 0.5) is 0 Å². The zero-order valence-corrected chi connectivity index (χ0v) is 14.9. The fourth-order valence-corrected chi connectivity index (χ4v) is 4.47. The number of rotatable bonds is 6. The summed E-state index contributed by atoms with van der Waals surface area (Å²) in [5.41, 5.74) is 0.887. The maximum absolute atomic E-state index is 5.80. The average molecular weight is 335 g/mol. The zero-order valence-electron chi connectivity index (χ0n) is 14.1. The van der Waals surface area contributed by atoms with Crippen LogP contribution in [0, 0.1) is 13.8 Å². The normalized spacial score (nSPS) is 21.7. The lowest BCUT2D eigenvalue weighted by Crippen LogP contribution is -2.40. The molecule has 0 bridgehead atoms. The Bertz CT molecular complexity index is 636. The predicted octanol–water partition coefficient (Wildman–Crippen LogP) is 4.10. The van der Waals surface area contributed by atoms with Gasteiger partial charge in [0.1, 0.15) is 11.5 Å². The van der Waals surface area contributed by atoms with Crippen molar-refractivity contribution in [2.24, 2.45) is 0 Å². The van der Waals surface area contributed by atoms with Gasteiger partial charge in [-0.3, -0.25) is 0 Å². The number of aryl methyl sites for hydroxylation is 2. The number of thioether (sulfide) groups is 1. The maximum atomic E-state index is 5.80. The molecule has 23 heavy (non-hydrogen) atoms. The molecular formula is C17H25N3O2S. The Morgan fingerprint density at radius 1 is 1.22 bits per heavy atom.